The van der Waals surface area contributed by atoms with Gasteiger partial charge in [-0.05, 0) is 53.9 Å². The number of nitriles is 1. The zero-order chi connectivity index (χ0) is 11.5. The Bertz CT molecular complexity index is 393. The van der Waals surface area contributed by atoms with E-state index in [1.54, 1.807) is 7.11 Å². The minimum atomic E-state index is -0.325. The van der Waals surface area contributed by atoms with Crippen molar-refractivity contribution in [1.82, 2.24) is 0 Å². The van der Waals surface area contributed by atoms with E-state index in [9.17, 15) is 0 Å². The van der Waals surface area contributed by atoms with Crippen LogP contribution in [-0.4, -0.2) is 7.11 Å². The van der Waals surface area contributed by atoms with Crippen LogP contribution in [-0.2, 0) is 6.42 Å². The van der Waals surface area contributed by atoms with Crippen molar-refractivity contribution in [2.45, 2.75) is 20.3 Å². The summed E-state index contributed by atoms with van der Waals surface area (Å²) in [6.45, 7) is 3.87. The summed E-state index contributed by atoms with van der Waals surface area (Å²) in [6.07, 6.45) is 0.742. The van der Waals surface area contributed by atoms with Crippen molar-refractivity contribution in [3.05, 3.63) is 28.2 Å². The maximum Gasteiger partial charge on any atom is 0.133 e. The van der Waals surface area contributed by atoms with Crippen molar-refractivity contribution in [2.75, 3.05) is 7.11 Å². The molecule has 1 aromatic rings. The number of ether oxygens (including phenoxy) is 1. The van der Waals surface area contributed by atoms with Gasteiger partial charge < -0.3 is 4.74 Å². The molecule has 0 radical (unpaired) electrons. The van der Waals surface area contributed by atoms with E-state index < -0.39 is 0 Å². The van der Waals surface area contributed by atoms with E-state index in [1.165, 1.54) is 0 Å². The molecule has 3 heteroatoms. The molecule has 0 atom stereocenters. The predicted octanol–water partition coefficient (Wildman–Crippen LogP) is 3.55. The highest BCUT2D eigenvalue weighted by molar-refractivity contribution is 9.10. The quantitative estimate of drug-likeness (QED) is 0.839. The molecule has 15 heavy (non-hydrogen) atoms. The topological polar surface area (TPSA) is 33.0 Å². The molecule has 0 heterocycles. The number of hydrogen-bond donors (Lipinski definition) is 0. The van der Waals surface area contributed by atoms with Crippen LogP contribution in [0.25, 0.3) is 0 Å². The minimum Gasteiger partial charge on any atom is -0.496 e. The second-order valence-electron chi connectivity index (χ2n) is 4.14. The van der Waals surface area contributed by atoms with Crippen molar-refractivity contribution < 1.29 is 4.74 Å². The highest BCUT2D eigenvalue weighted by Crippen LogP contribution is 2.28. The van der Waals surface area contributed by atoms with Gasteiger partial charge >= 0.3 is 0 Å². The van der Waals surface area contributed by atoms with Gasteiger partial charge in [-0.1, -0.05) is 6.07 Å². The predicted molar refractivity (Wildman–Crippen MR) is 63.8 cm³/mol. The summed E-state index contributed by atoms with van der Waals surface area (Å²) in [7, 11) is 1.64. The number of nitrogens with zero attached hydrogens (tertiary/aromatic N) is 1. The van der Waals surface area contributed by atoms with Crippen molar-refractivity contribution in [3.8, 4) is 11.8 Å². The average Bonchev–Trinajstić information content (AvgIpc) is 2.17. The average molecular weight is 268 g/mol. The molecule has 80 valence electrons. The van der Waals surface area contributed by atoms with Crippen molar-refractivity contribution in [1.29, 1.82) is 5.26 Å². The van der Waals surface area contributed by atoms with Gasteiger partial charge in [0.05, 0.1) is 23.1 Å². The van der Waals surface area contributed by atoms with E-state index in [2.05, 4.69) is 22.0 Å². The van der Waals surface area contributed by atoms with Gasteiger partial charge in [-0.2, -0.15) is 5.26 Å². The standard InChI is InChI=1S/C12H14BrNO/c1-12(2,8-14)7-9-4-5-11(15-3)10(13)6-9/h4-6H,7H2,1-3H3. The molecule has 0 amide bonds. The lowest BCUT2D eigenvalue weighted by atomic mass is 9.87. The second-order valence-corrected chi connectivity index (χ2v) is 5.00. The maximum absolute atomic E-state index is 8.94. The Labute approximate surface area is 99.0 Å². The molecule has 0 unspecified atom stereocenters. The van der Waals surface area contributed by atoms with E-state index in [1.807, 2.05) is 32.0 Å². The van der Waals surface area contributed by atoms with Gasteiger partial charge in [0.15, 0.2) is 0 Å². The fraction of sp³-hybridized carbons (Fsp3) is 0.417. The molecule has 1 rings (SSSR count). The largest absolute Gasteiger partial charge is 0.496 e. The van der Waals surface area contributed by atoms with E-state index in [0.717, 1.165) is 22.2 Å². The molecule has 0 aliphatic heterocycles. The molecule has 0 fully saturated rings. The van der Waals surface area contributed by atoms with E-state index >= 15 is 0 Å². The van der Waals surface area contributed by atoms with Crippen molar-refractivity contribution in [3.63, 3.8) is 0 Å². The van der Waals surface area contributed by atoms with Crippen molar-refractivity contribution >= 4 is 15.9 Å². The van der Waals surface area contributed by atoms with Gasteiger partial charge in [-0.15, -0.1) is 0 Å². The van der Waals surface area contributed by atoms with E-state index in [4.69, 9.17) is 10.00 Å². The molecule has 0 N–H and O–H groups in total. The molecule has 0 aliphatic rings. The first-order chi connectivity index (χ1) is 6.98. The summed E-state index contributed by atoms with van der Waals surface area (Å²) in [6, 6.07) is 8.19. The van der Waals surface area contributed by atoms with Crippen LogP contribution in [0.1, 0.15) is 19.4 Å². The van der Waals surface area contributed by atoms with Crippen LogP contribution in [0.4, 0.5) is 0 Å². The molecule has 1 aromatic carbocycles. The Balaban J connectivity index is 2.90. The van der Waals surface area contributed by atoms with Crippen LogP contribution in [0.15, 0.2) is 22.7 Å². The third-order valence-corrected chi connectivity index (χ3v) is 2.78. The molecular formula is C12H14BrNO. The lowest BCUT2D eigenvalue weighted by Crippen LogP contribution is -2.11. The van der Waals surface area contributed by atoms with Crippen molar-refractivity contribution in [2.24, 2.45) is 5.41 Å². The van der Waals surface area contributed by atoms with Crippen LogP contribution < -0.4 is 4.74 Å². The highest BCUT2D eigenvalue weighted by atomic mass is 79.9. The molecule has 0 saturated heterocycles. The van der Waals surface area contributed by atoms with Crippen LogP contribution in [0.5, 0.6) is 5.75 Å². The number of halogens is 1. The molecule has 0 saturated carbocycles. The first-order valence-corrected chi connectivity index (χ1v) is 5.51. The molecule has 0 bridgehead atoms. The highest BCUT2D eigenvalue weighted by Gasteiger charge is 2.17. The number of rotatable bonds is 3. The Morgan fingerprint density at radius 2 is 2.13 bits per heavy atom. The first kappa shape index (κ1) is 12.1. The summed E-state index contributed by atoms with van der Waals surface area (Å²) in [5, 5.41) is 8.94. The van der Waals surface area contributed by atoms with E-state index in [-0.39, 0.29) is 5.41 Å². The maximum atomic E-state index is 8.94. The third kappa shape index (κ3) is 3.24. The zero-order valence-electron chi connectivity index (χ0n) is 9.17. The van der Waals surface area contributed by atoms with Crippen LogP contribution in [0, 0.1) is 16.7 Å². The summed E-state index contributed by atoms with van der Waals surface area (Å²) in [5.74, 6) is 0.813. The van der Waals surface area contributed by atoms with Gasteiger partial charge in [-0.25, -0.2) is 0 Å². The Hall–Kier alpha value is -1.01. The Morgan fingerprint density at radius 1 is 1.47 bits per heavy atom. The second kappa shape index (κ2) is 4.67. The van der Waals surface area contributed by atoms with Gasteiger partial charge in [0.2, 0.25) is 0 Å². The summed E-state index contributed by atoms with van der Waals surface area (Å²) in [5.41, 5.74) is 0.808. The SMILES string of the molecule is COc1ccc(CC(C)(C)C#N)cc1Br. The molecule has 0 aromatic heterocycles. The molecule has 2 nitrogen and oxygen atoms in total. The Morgan fingerprint density at radius 3 is 2.60 bits per heavy atom. The van der Waals surface area contributed by atoms with E-state index in [0.29, 0.717) is 0 Å². The monoisotopic (exact) mass is 267 g/mol. The molecular weight excluding hydrogens is 254 g/mol. The van der Waals surface area contributed by atoms with Crippen LogP contribution in [0.2, 0.25) is 0 Å². The number of hydrogen-bond acceptors (Lipinski definition) is 2. The lowest BCUT2D eigenvalue weighted by Gasteiger charge is -2.15. The summed E-state index contributed by atoms with van der Waals surface area (Å²) in [4.78, 5) is 0. The minimum absolute atomic E-state index is 0.325. The Kier molecular flexibility index (Phi) is 3.76. The number of benzene rings is 1. The van der Waals surface area contributed by atoms with Crippen LogP contribution in [0.3, 0.4) is 0 Å². The molecule has 0 aliphatic carbocycles. The zero-order valence-corrected chi connectivity index (χ0v) is 10.8. The smallest absolute Gasteiger partial charge is 0.133 e. The fourth-order valence-electron chi connectivity index (χ4n) is 1.37. The normalized spacial score (nSPS) is 10.9. The van der Waals surface area contributed by atoms with Crippen LogP contribution >= 0.6 is 15.9 Å². The fourth-order valence-corrected chi connectivity index (χ4v) is 1.96. The summed E-state index contributed by atoms with van der Waals surface area (Å²) < 4.78 is 6.07. The van der Waals surface area contributed by atoms with Gasteiger partial charge in [0.1, 0.15) is 5.75 Å². The lowest BCUT2D eigenvalue weighted by molar-refractivity contribution is 0.411. The molecule has 0 spiro atoms. The number of methoxy groups -OCH3 is 1. The van der Waals surface area contributed by atoms with Gasteiger partial charge in [-0.3, -0.25) is 0 Å². The first-order valence-electron chi connectivity index (χ1n) is 4.72. The third-order valence-electron chi connectivity index (χ3n) is 2.16. The summed E-state index contributed by atoms with van der Waals surface area (Å²) >= 11 is 3.43. The van der Waals surface area contributed by atoms with Gasteiger partial charge in [0.25, 0.3) is 0 Å². The van der Waals surface area contributed by atoms with Gasteiger partial charge in [0, 0.05) is 0 Å².